The van der Waals surface area contributed by atoms with Crippen molar-refractivity contribution in [2.45, 2.75) is 25.2 Å². The second kappa shape index (κ2) is 4.28. The summed E-state index contributed by atoms with van der Waals surface area (Å²) in [6.45, 7) is 0. The predicted molar refractivity (Wildman–Crippen MR) is 81.8 cm³/mol. The first-order chi connectivity index (χ1) is 9.63. The zero-order chi connectivity index (χ0) is 13.9. The van der Waals surface area contributed by atoms with E-state index in [-0.39, 0.29) is 0 Å². The number of aromatic nitrogens is 3. The smallest absolute Gasteiger partial charge is 0.269 e. The minimum absolute atomic E-state index is 0.434. The van der Waals surface area contributed by atoms with E-state index in [4.69, 9.17) is 5.73 Å². The maximum absolute atomic E-state index is 11.7. The Hall–Kier alpha value is -1.44. The highest BCUT2D eigenvalue weighted by atomic mass is 127. The Kier molecular flexibility index (Phi) is 2.63. The summed E-state index contributed by atoms with van der Waals surface area (Å²) < 4.78 is 2.91. The minimum atomic E-state index is -0.434. The molecule has 0 radical (unpaired) electrons. The third kappa shape index (κ3) is 1.70. The average molecular weight is 380 g/mol. The van der Waals surface area contributed by atoms with E-state index in [9.17, 15) is 4.79 Å². The van der Waals surface area contributed by atoms with Crippen LogP contribution in [0.3, 0.4) is 0 Å². The van der Waals surface area contributed by atoms with Gasteiger partial charge >= 0.3 is 0 Å². The van der Waals surface area contributed by atoms with Gasteiger partial charge in [-0.15, -0.1) is 0 Å². The first kappa shape index (κ1) is 12.3. The largest absolute Gasteiger partial charge is 0.364 e. The fraction of sp³-hybridized carbons (Fsp3) is 0.357. The van der Waals surface area contributed by atoms with Crippen LogP contribution in [-0.2, 0) is 6.42 Å². The molecule has 2 aromatic heterocycles. The Morgan fingerprint density at radius 3 is 2.95 bits per heavy atom. The molecule has 0 atom stereocenters. The molecule has 1 fully saturated rings. The van der Waals surface area contributed by atoms with E-state index >= 15 is 0 Å². The second-order valence-corrected chi connectivity index (χ2v) is 6.80. The van der Waals surface area contributed by atoms with Crippen molar-refractivity contribution in [2.24, 2.45) is 11.7 Å². The minimum Gasteiger partial charge on any atom is -0.364 e. The number of amides is 1. The Morgan fingerprint density at radius 2 is 2.25 bits per heavy atom. The summed E-state index contributed by atoms with van der Waals surface area (Å²) in [7, 11) is 0. The van der Waals surface area contributed by atoms with Crippen molar-refractivity contribution < 1.29 is 4.79 Å². The van der Waals surface area contributed by atoms with Gasteiger partial charge in [-0.3, -0.25) is 4.79 Å². The average Bonchev–Trinajstić information content (AvgIpc) is 2.77. The van der Waals surface area contributed by atoms with Gasteiger partial charge in [-0.1, -0.05) is 0 Å². The lowest BCUT2D eigenvalue weighted by Crippen LogP contribution is -2.32. The Balaban J connectivity index is 1.93. The molecular weight excluding hydrogens is 367 g/mol. The van der Waals surface area contributed by atoms with Crippen LogP contribution in [-0.4, -0.2) is 20.7 Å². The molecule has 3 aliphatic carbocycles. The summed E-state index contributed by atoms with van der Waals surface area (Å²) in [6, 6.07) is 3.91. The first-order valence-electron chi connectivity index (χ1n) is 6.67. The number of nitrogens with two attached hydrogens (primary N) is 1. The van der Waals surface area contributed by atoms with E-state index in [1.54, 1.807) is 6.20 Å². The maximum Gasteiger partial charge on any atom is 0.269 e. The van der Waals surface area contributed by atoms with Gasteiger partial charge in [-0.2, -0.15) is 5.10 Å². The van der Waals surface area contributed by atoms with Gasteiger partial charge < -0.3 is 5.73 Å². The number of carbonyl (C=O) groups is 1. The summed E-state index contributed by atoms with van der Waals surface area (Å²) in [4.78, 5) is 16.0. The van der Waals surface area contributed by atoms with Crippen LogP contribution < -0.4 is 5.73 Å². The quantitative estimate of drug-likeness (QED) is 0.811. The van der Waals surface area contributed by atoms with Crippen molar-refractivity contribution in [2.75, 3.05) is 0 Å². The lowest BCUT2D eigenvalue weighted by Gasteiger charge is -2.41. The van der Waals surface area contributed by atoms with Gasteiger partial charge in [0, 0.05) is 15.3 Å². The summed E-state index contributed by atoms with van der Waals surface area (Å²) in [6.07, 6.45) is 5.06. The summed E-state index contributed by atoms with van der Waals surface area (Å²) in [5, 5.41) is 4.46. The summed E-state index contributed by atoms with van der Waals surface area (Å²) in [5.41, 5.74) is 8.13. The van der Waals surface area contributed by atoms with Crippen molar-refractivity contribution in [3.05, 3.63) is 38.9 Å². The number of primary amides is 1. The Labute approximate surface area is 129 Å². The Morgan fingerprint density at radius 1 is 1.45 bits per heavy atom. The van der Waals surface area contributed by atoms with Crippen LogP contribution in [0.1, 0.15) is 40.5 Å². The SMILES string of the molecule is NC(=O)c1nn(-c2cc(I)ccn2)c2c1C1CC(C2)C1. The molecule has 20 heavy (non-hydrogen) atoms. The number of nitrogens with zero attached hydrogens (tertiary/aromatic N) is 3. The van der Waals surface area contributed by atoms with E-state index in [0.717, 1.165) is 33.0 Å². The van der Waals surface area contributed by atoms with Crippen LogP contribution in [0.15, 0.2) is 18.3 Å². The topological polar surface area (TPSA) is 73.8 Å². The summed E-state index contributed by atoms with van der Waals surface area (Å²) >= 11 is 2.25. The van der Waals surface area contributed by atoms with Crippen LogP contribution in [0, 0.1) is 9.49 Å². The van der Waals surface area contributed by atoms with Crippen LogP contribution >= 0.6 is 22.6 Å². The van der Waals surface area contributed by atoms with Gasteiger partial charge in [0.05, 0.1) is 5.69 Å². The normalized spacial score (nSPS) is 23.1. The number of rotatable bonds is 2. The molecule has 2 N–H and O–H groups in total. The van der Waals surface area contributed by atoms with Gasteiger partial charge in [-0.05, 0) is 65.8 Å². The molecule has 0 saturated heterocycles. The molecule has 0 aromatic carbocycles. The molecule has 5 rings (SSSR count). The van der Waals surface area contributed by atoms with Crippen LogP contribution in [0.25, 0.3) is 5.82 Å². The number of hydrogen-bond acceptors (Lipinski definition) is 3. The van der Waals surface area contributed by atoms with E-state index < -0.39 is 5.91 Å². The fourth-order valence-electron chi connectivity index (χ4n) is 3.38. The number of pyridine rings is 1. The van der Waals surface area contributed by atoms with E-state index in [1.807, 2.05) is 16.8 Å². The van der Waals surface area contributed by atoms with Gasteiger partial charge in [0.1, 0.15) is 0 Å². The molecule has 5 nitrogen and oxygen atoms in total. The van der Waals surface area contributed by atoms with Gasteiger partial charge in [-0.25, -0.2) is 9.67 Å². The molecule has 0 spiro atoms. The van der Waals surface area contributed by atoms with Crippen LogP contribution in [0.4, 0.5) is 0 Å². The molecule has 102 valence electrons. The molecule has 2 bridgehead atoms. The highest BCUT2D eigenvalue weighted by molar-refractivity contribution is 14.1. The van der Waals surface area contributed by atoms with Crippen molar-refractivity contribution in [1.29, 1.82) is 0 Å². The lowest BCUT2D eigenvalue weighted by atomic mass is 9.64. The number of halogens is 1. The third-order valence-corrected chi connectivity index (χ3v) is 4.98. The van der Waals surface area contributed by atoms with Crippen molar-refractivity contribution >= 4 is 28.5 Å². The Bertz CT molecular complexity index is 718. The lowest BCUT2D eigenvalue weighted by molar-refractivity contribution is 0.0991. The van der Waals surface area contributed by atoms with Gasteiger partial charge in [0.15, 0.2) is 11.5 Å². The molecule has 0 aliphatic heterocycles. The van der Waals surface area contributed by atoms with Gasteiger partial charge in [0.2, 0.25) is 0 Å². The zero-order valence-corrected chi connectivity index (χ0v) is 12.9. The molecule has 6 heteroatoms. The van der Waals surface area contributed by atoms with Crippen LogP contribution in [0.2, 0.25) is 0 Å². The highest BCUT2D eigenvalue weighted by Crippen LogP contribution is 2.51. The number of hydrogen-bond donors (Lipinski definition) is 1. The first-order valence-corrected chi connectivity index (χ1v) is 7.75. The van der Waals surface area contributed by atoms with Crippen molar-refractivity contribution in [3.63, 3.8) is 0 Å². The monoisotopic (exact) mass is 380 g/mol. The molecule has 3 aliphatic rings. The summed E-state index contributed by atoms with van der Waals surface area (Å²) in [5.74, 6) is 1.52. The van der Waals surface area contributed by atoms with Crippen molar-refractivity contribution in [1.82, 2.24) is 14.8 Å². The molecule has 1 saturated carbocycles. The zero-order valence-electron chi connectivity index (χ0n) is 10.7. The maximum atomic E-state index is 11.7. The molecule has 1 amide bonds. The molecule has 0 unspecified atom stereocenters. The molecule has 2 aromatic rings. The van der Waals surface area contributed by atoms with E-state index in [2.05, 4.69) is 32.7 Å². The number of carbonyl (C=O) groups excluding carboxylic acids is 1. The third-order valence-electron chi connectivity index (χ3n) is 4.31. The fourth-order valence-corrected chi connectivity index (χ4v) is 3.82. The standard InChI is InChI=1S/C14H13IN4O/c15-9-1-2-17-11(6-9)19-10-5-7-3-8(4-7)12(10)13(18-19)14(16)20/h1-2,6-8H,3-5H2,(H2,16,20). The molecular formula is C14H13IN4O. The second-order valence-electron chi connectivity index (χ2n) is 5.56. The van der Waals surface area contributed by atoms with E-state index in [0.29, 0.717) is 11.6 Å². The molecule has 2 heterocycles. The van der Waals surface area contributed by atoms with Crippen molar-refractivity contribution in [3.8, 4) is 5.82 Å². The predicted octanol–water partition coefficient (Wildman–Crippen LogP) is 2.02. The van der Waals surface area contributed by atoms with Gasteiger partial charge in [0.25, 0.3) is 5.91 Å². The van der Waals surface area contributed by atoms with Crippen LogP contribution in [0.5, 0.6) is 0 Å². The highest BCUT2D eigenvalue weighted by Gasteiger charge is 2.42. The van der Waals surface area contributed by atoms with E-state index in [1.165, 1.54) is 12.8 Å².